The van der Waals surface area contributed by atoms with E-state index in [2.05, 4.69) is 119 Å². The monoisotopic (exact) mass is 414 g/mol. The second-order valence-electron chi connectivity index (χ2n) is 8.70. The quantitative estimate of drug-likeness (QED) is 0.311. The molecule has 1 aliphatic rings. The molecule has 5 aromatic rings. The molecule has 0 saturated carbocycles. The number of benzene rings is 4. The maximum absolute atomic E-state index is 2.58. The predicted octanol–water partition coefficient (Wildman–Crippen LogP) is 6.87. The van der Waals surface area contributed by atoms with Gasteiger partial charge < -0.3 is 4.57 Å². The van der Waals surface area contributed by atoms with Gasteiger partial charge in [-0.15, -0.1) is 0 Å². The highest BCUT2D eigenvalue weighted by atomic mass is 15.1. The first-order valence-electron chi connectivity index (χ1n) is 11.4. The van der Waals surface area contributed by atoms with E-state index < -0.39 is 0 Å². The maximum Gasteiger partial charge on any atom is 0.0543 e. The summed E-state index contributed by atoms with van der Waals surface area (Å²) >= 11 is 0. The van der Waals surface area contributed by atoms with Crippen LogP contribution in [0.5, 0.6) is 0 Å². The van der Waals surface area contributed by atoms with E-state index in [0.717, 1.165) is 26.2 Å². The molecule has 0 bridgehead atoms. The number of hydrogen-bond donors (Lipinski definition) is 0. The highest BCUT2D eigenvalue weighted by Gasteiger charge is 2.26. The Morgan fingerprint density at radius 2 is 1.19 bits per heavy atom. The number of rotatable bonds is 4. The molecule has 2 heteroatoms. The summed E-state index contributed by atoms with van der Waals surface area (Å²) in [7, 11) is 0. The number of hydrogen-bond acceptors (Lipinski definition) is 1. The fourth-order valence-electron chi connectivity index (χ4n) is 5.14. The van der Waals surface area contributed by atoms with Gasteiger partial charge in [0.25, 0.3) is 0 Å². The first kappa shape index (κ1) is 19.1. The molecule has 0 fully saturated rings. The van der Waals surface area contributed by atoms with E-state index in [1.54, 1.807) is 0 Å². The zero-order valence-electron chi connectivity index (χ0n) is 18.1. The van der Waals surface area contributed by atoms with Crippen molar-refractivity contribution in [2.24, 2.45) is 0 Å². The average Bonchev–Trinajstić information content (AvgIpc) is 3.03. The van der Waals surface area contributed by atoms with Gasteiger partial charge in [0.2, 0.25) is 0 Å². The number of fused-ring (bicyclic) bond motifs is 5. The molecule has 0 saturated heterocycles. The lowest BCUT2D eigenvalue weighted by Gasteiger charge is -2.21. The summed E-state index contributed by atoms with van der Waals surface area (Å²) < 4.78 is 2.53. The molecule has 0 spiro atoms. The van der Waals surface area contributed by atoms with Crippen LogP contribution in [0.3, 0.4) is 0 Å². The minimum absolute atomic E-state index is 0.879. The van der Waals surface area contributed by atoms with E-state index in [1.807, 2.05) is 0 Å². The van der Waals surface area contributed by atoms with Crippen LogP contribution in [0.2, 0.25) is 0 Å². The van der Waals surface area contributed by atoms with Gasteiger partial charge in [-0.3, -0.25) is 4.90 Å². The van der Waals surface area contributed by atoms with Crippen molar-refractivity contribution in [3.05, 3.63) is 131 Å². The van der Waals surface area contributed by atoms with E-state index in [4.69, 9.17) is 0 Å². The van der Waals surface area contributed by atoms with Crippen LogP contribution in [-0.2, 0) is 26.2 Å². The Bertz CT molecular complexity index is 1370. The SMILES string of the molecule is c1ccc(CN2Cc3ccccc3-c3c(c4ccccc4n3Cc3ccccc3)C2)cc1. The van der Waals surface area contributed by atoms with Crippen molar-refractivity contribution in [1.82, 2.24) is 9.47 Å². The van der Waals surface area contributed by atoms with Crippen LogP contribution in [0.15, 0.2) is 109 Å². The van der Waals surface area contributed by atoms with Crippen molar-refractivity contribution in [1.29, 1.82) is 0 Å². The highest BCUT2D eigenvalue weighted by molar-refractivity contribution is 5.92. The first-order chi connectivity index (χ1) is 15.9. The molecule has 0 N–H and O–H groups in total. The van der Waals surface area contributed by atoms with Crippen molar-refractivity contribution in [2.75, 3.05) is 0 Å². The van der Waals surface area contributed by atoms with Crippen molar-refractivity contribution in [2.45, 2.75) is 26.2 Å². The predicted molar refractivity (Wildman–Crippen MR) is 132 cm³/mol. The van der Waals surface area contributed by atoms with Crippen molar-refractivity contribution < 1.29 is 0 Å². The maximum atomic E-state index is 2.58. The molecule has 0 radical (unpaired) electrons. The average molecular weight is 415 g/mol. The highest BCUT2D eigenvalue weighted by Crippen LogP contribution is 2.40. The van der Waals surface area contributed by atoms with Crippen molar-refractivity contribution in [3.63, 3.8) is 0 Å². The summed E-state index contributed by atoms with van der Waals surface area (Å²) in [6, 6.07) is 39.5. The third kappa shape index (κ3) is 3.43. The third-order valence-corrected chi connectivity index (χ3v) is 6.56. The van der Waals surface area contributed by atoms with Gasteiger partial charge in [0, 0.05) is 42.6 Å². The molecular formula is C30H26N2. The van der Waals surface area contributed by atoms with Gasteiger partial charge in [0.05, 0.1) is 5.69 Å². The van der Waals surface area contributed by atoms with Crippen LogP contribution < -0.4 is 0 Å². The fourth-order valence-corrected chi connectivity index (χ4v) is 5.14. The molecule has 0 atom stereocenters. The van der Waals surface area contributed by atoms with Crippen LogP contribution in [0.4, 0.5) is 0 Å². The van der Waals surface area contributed by atoms with E-state index in [9.17, 15) is 0 Å². The molecule has 6 rings (SSSR count). The zero-order chi connectivity index (χ0) is 21.3. The Labute approximate surface area is 189 Å². The molecule has 1 aliphatic heterocycles. The van der Waals surface area contributed by atoms with E-state index >= 15 is 0 Å². The summed E-state index contributed by atoms with van der Waals surface area (Å²) in [5.74, 6) is 0. The smallest absolute Gasteiger partial charge is 0.0543 e. The van der Waals surface area contributed by atoms with Gasteiger partial charge >= 0.3 is 0 Å². The van der Waals surface area contributed by atoms with Crippen LogP contribution in [-0.4, -0.2) is 9.47 Å². The molecule has 2 heterocycles. The Kier molecular flexibility index (Phi) is 4.86. The van der Waals surface area contributed by atoms with Crippen LogP contribution in [0, 0.1) is 0 Å². The minimum Gasteiger partial charge on any atom is -0.336 e. The standard InChI is InChI=1S/C30H26N2/c1-3-11-23(12-4-1)19-31-21-25-15-7-8-16-26(25)30-28(22-31)27-17-9-10-18-29(27)32(30)20-24-13-5-2-6-14-24/h1-18H,19-22H2. The summed E-state index contributed by atoms with van der Waals surface area (Å²) in [5, 5.41) is 1.37. The van der Waals surface area contributed by atoms with Gasteiger partial charge in [0.1, 0.15) is 0 Å². The molecular weight excluding hydrogens is 388 g/mol. The minimum atomic E-state index is 0.879. The summed E-state index contributed by atoms with van der Waals surface area (Å²) in [6.45, 7) is 3.73. The normalized spacial score (nSPS) is 13.5. The Hall–Kier alpha value is -3.62. The molecule has 0 aliphatic carbocycles. The van der Waals surface area contributed by atoms with Gasteiger partial charge in [0.15, 0.2) is 0 Å². The Morgan fingerprint density at radius 3 is 1.97 bits per heavy atom. The number of nitrogens with zero attached hydrogens (tertiary/aromatic N) is 2. The van der Waals surface area contributed by atoms with E-state index in [-0.39, 0.29) is 0 Å². The van der Waals surface area contributed by atoms with Gasteiger partial charge in [-0.05, 0) is 28.3 Å². The van der Waals surface area contributed by atoms with Gasteiger partial charge in [-0.1, -0.05) is 103 Å². The Balaban J connectivity index is 1.54. The number of aromatic nitrogens is 1. The van der Waals surface area contributed by atoms with E-state index in [1.165, 1.54) is 44.4 Å². The van der Waals surface area contributed by atoms with E-state index in [0.29, 0.717) is 0 Å². The molecule has 0 amide bonds. The molecule has 1 aromatic heterocycles. The second-order valence-corrected chi connectivity index (χ2v) is 8.70. The lowest BCUT2D eigenvalue weighted by Crippen LogP contribution is -2.21. The fraction of sp³-hybridized carbons (Fsp3) is 0.133. The van der Waals surface area contributed by atoms with Crippen LogP contribution in [0.1, 0.15) is 22.3 Å². The third-order valence-electron chi connectivity index (χ3n) is 6.56. The van der Waals surface area contributed by atoms with Crippen LogP contribution >= 0.6 is 0 Å². The van der Waals surface area contributed by atoms with Crippen molar-refractivity contribution in [3.8, 4) is 11.3 Å². The molecule has 4 aromatic carbocycles. The summed E-state index contributed by atoms with van der Waals surface area (Å²) in [6.07, 6.45) is 0. The second kappa shape index (κ2) is 8.14. The molecule has 2 nitrogen and oxygen atoms in total. The Morgan fingerprint density at radius 1 is 0.562 bits per heavy atom. The molecule has 156 valence electrons. The molecule has 32 heavy (non-hydrogen) atoms. The number of para-hydroxylation sites is 1. The van der Waals surface area contributed by atoms with Crippen LogP contribution in [0.25, 0.3) is 22.2 Å². The first-order valence-corrected chi connectivity index (χ1v) is 11.4. The summed E-state index contributed by atoms with van der Waals surface area (Å²) in [5.41, 5.74) is 9.60. The summed E-state index contributed by atoms with van der Waals surface area (Å²) in [4.78, 5) is 2.58. The molecule has 0 unspecified atom stereocenters. The topological polar surface area (TPSA) is 8.17 Å². The lowest BCUT2D eigenvalue weighted by molar-refractivity contribution is 0.251. The zero-order valence-corrected chi connectivity index (χ0v) is 18.1. The largest absolute Gasteiger partial charge is 0.336 e. The van der Waals surface area contributed by atoms with Gasteiger partial charge in [-0.25, -0.2) is 0 Å². The van der Waals surface area contributed by atoms with Crippen molar-refractivity contribution >= 4 is 10.9 Å². The van der Waals surface area contributed by atoms with Gasteiger partial charge in [-0.2, -0.15) is 0 Å². The lowest BCUT2D eigenvalue weighted by atomic mass is 10.0.